The lowest BCUT2D eigenvalue weighted by molar-refractivity contribution is 0.0962. The monoisotopic (exact) mass is 306 g/mol. The van der Waals surface area contributed by atoms with Crippen molar-refractivity contribution >= 4 is 34.8 Å². The van der Waals surface area contributed by atoms with Crippen LogP contribution in [0.3, 0.4) is 0 Å². The van der Waals surface area contributed by atoms with Crippen molar-refractivity contribution in [3.8, 4) is 0 Å². The van der Waals surface area contributed by atoms with E-state index in [0.29, 0.717) is 27.9 Å². The van der Waals surface area contributed by atoms with Crippen molar-refractivity contribution in [1.29, 1.82) is 0 Å². The number of hydrogen-bond acceptors (Lipinski definition) is 6. The first-order valence-corrected chi connectivity index (χ1v) is 6.47. The van der Waals surface area contributed by atoms with E-state index in [2.05, 4.69) is 20.8 Å². The number of hydrogen-bond donors (Lipinski definition) is 3. The van der Waals surface area contributed by atoms with Gasteiger partial charge >= 0.3 is 0 Å². The third-order valence-corrected chi connectivity index (χ3v) is 3.03. The zero-order valence-electron chi connectivity index (χ0n) is 11.6. The number of hydrazine groups is 1. The largest absolute Gasteiger partial charge is 0.393 e. The maximum absolute atomic E-state index is 12.0. The lowest BCUT2D eigenvalue weighted by Gasteiger charge is -2.16. The van der Waals surface area contributed by atoms with Crippen LogP contribution in [0.4, 0.5) is 17.3 Å². The second-order valence-electron chi connectivity index (χ2n) is 4.41. The van der Waals surface area contributed by atoms with Crippen LogP contribution >= 0.6 is 11.6 Å². The maximum atomic E-state index is 12.0. The second-order valence-corrected chi connectivity index (χ2v) is 4.82. The van der Waals surface area contributed by atoms with Gasteiger partial charge in [0, 0.05) is 14.1 Å². The molecule has 0 radical (unpaired) electrons. The van der Waals surface area contributed by atoms with Crippen LogP contribution in [-0.2, 0) is 0 Å². The zero-order valence-corrected chi connectivity index (χ0v) is 12.3. The fraction of sp³-hybridized carbons (Fsp3) is 0.154. The Kier molecular flexibility index (Phi) is 4.44. The average Bonchev–Trinajstić information content (AvgIpc) is 2.46. The molecule has 0 saturated carbocycles. The summed E-state index contributed by atoms with van der Waals surface area (Å²) in [4.78, 5) is 21.8. The van der Waals surface area contributed by atoms with Gasteiger partial charge in [0.05, 0.1) is 10.6 Å². The Bertz CT molecular complexity index is 661. The Morgan fingerprint density at radius 3 is 2.67 bits per heavy atom. The minimum Gasteiger partial charge on any atom is -0.393 e. The number of nitrogens with two attached hydrogens (primary N) is 1. The highest BCUT2D eigenvalue weighted by Gasteiger charge is 2.12. The van der Waals surface area contributed by atoms with Crippen LogP contribution in [0, 0.1) is 0 Å². The third kappa shape index (κ3) is 3.32. The molecule has 1 aromatic carbocycles. The number of nitrogens with zero attached hydrogens (tertiary/aromatic N) is 3. The molecule has 0 saturated heterocycles. The summed E-state index contributed by atoms with van der Waals surface area (Å²) in [5.41, 5.74) is 11.8. The number of benzene rings is 1. The minimum atomic E-state index is -0.384. The summed E-state index contributed by atoms with van der Waals surface area (Å²) in [6.07, 6.45) is 1.36. The molecule has 0 bridgehead atoms. The Morgan fingerprint density at radius 2 is 2.00 bits per heavy atom. The molecule has 110 valence electrons. The molecule has 0 unspecified atom stereocenters. The molecule has 0 fully saturated rings. The molecule has 1 aromatic heterocycles. The first-order chi connectivity index (χ1) is 10.0. The van der Waals surface area contributed by atoms with Gasteiger partial charge < -0.3 is 10.6 Å². The number of rotatable bonds is 4. The van der Waals surface area contributed by atoms with Gasteiger partial charge in [0.15, 0.2) is 11.6 Å². The molecule has 0 spiro atoms. The molecule has 1 amide bonds. The topological polar surface area (TPSA) is 96.2 Å². The van der Waals surface area contributed by atoms with Crippen LogP contribution in [0.15, 0.2) is 30.6 Å². The van der Waals surface area contributed by atoms with E-state index in [4.69, 9.17) is 17.3 Å². The number of nitrogens with one attached hydrogen (secondary N) is 2. The Hall–Kier alpha value is -2.54. The third-order valence-electron chi connectivity index (χ3n) is 2.70. The summed E-state index contributed by atoms with van der Waals surface area (Å²) in [7, 11) is 3.62. The highest BCUT2D eigenvalue weighted by atomic mass is 35.5. The Labute approximate surface area is 127 Å². The highest BCUT2D eigenvalue weighted by molar-refractivity contribution is 6.33. The summed E-state index contributed by atoms with van der Waals surface area (Å²) in [5.74, 6) is 0.485. The predicted molar refractivity (Wildman–Crippen MR) is 83.3 cm³/mol. The SMILES string of the molecule is CN(C)c1ncnc(NNC(=O)c2ccccc2Cl)c1N. The fourth-order valence-electron chi connectivity index (χ4n) is 1.67. The van der Waals surface area contributed by atoms with Gasteiger partial charge in [-0.1, -0.05) is 23.7 Å². The molecule has 21 heavy (non-hydrogen) atoms. The van der Waals surface area contributed by atoms with Crippen molar-refractivity contribution in [2.75, 3.05) is 30.2 Å². The molecule has 4 N–H and O–H groups in total. The Balaban J connectivity index is 2.12. The minimum absolute atomic E-state index is 0.314. The van der Waals surface area contributed by atoms with E-state index in [0.717, 1.165) is 0 Å². The first kappa shape index (κ1) is 14.9. The lowest BCUT2D eigenvalue weighted by Crippen LogP contribution is -2.30. The summed E-state index contributed by atoms with van der Waals surface area (Å²) in [5, 5.41) is 0.362. The van der Waals surface area contributed by atoms with E-state index in [9.17, 15) is 4.79 Å². The Morgan fingerprint density at radius 1 is 1.29 bits per heavy atom. The number of nitrogen functional groups attached to an aromatic ring is 1. The summed E-state index contributed by atoms with van der Waals surface area (Å²) in [6, 6.07) is 6.73. The van der Waals surface area contributed by atoms with E-state index in [1.54, 1.807) is 29.2 Å². The van der Waals surface area contributed by atoms with Crippen LogP contribution < -0.4 is 21.5 Å². The molecule has 0 aliphatic heterocycles. The number of aromatic nitrogens is 2. The zero-order chi connectivity index (χ0) is 15.4. The molecular weight excluding hydrogens is 292 g/mol. The van der Waals surface area contributed by atoms with Crippen LogP contribution in [0.5, 0.6) is 0 Å². The van der Waals surface area contributed by atoms with Crippen molar-refractivity contribution in [2.24, 2.45) is 0 Å². The molecular formula is C13H15ClN6O. The number of halogens is 1. The molecule has 2 rings (SSSR count). The molecule has 0 atom stereocenters. The number of anilines is 3. The normalized spacial score (nSPS) is 10.0. The van der Waals surface area contributed by atoms with Crippen molar-refractivity contribution in [3.05, 3.63) is 41.2 Å². The van der Waals surface area contributed by atoms with Gasteiger partial charge in [-0.05, 0) is 12.1 Å². The van der Waals surface area contributed by atoms with Crippen LogP contribution in [0.25, 0.3) is 0 Å². The van der Waals surface area contributed by atoms with Gasteiger partial charge in [-0.15, -0.1) is 0 Å². The van der Waals surface area contributed by atoms with Gasteiger partial charge in [0.25, 0.3) is 5.91 Å². The van der Waals surface area contributed by atoms with Crippen molar-refractivity contribution in [1.82, 2.24) is 15.4 Å². The quantitative estimate of drug-likeness (QED) is 0.741. The molecule has 8 heteroatoms. The predicted octanol–water partition coefficient (Wildman–Crippen LogP) is 1.54. The molecule has 0 aliphatic carbocycles. The number of carbonyl (C=O) groups excluding carboxylic acids is 1. The van der Waals surface area contributed by atoms with Gasteiger partial charge in [-0.2, -0.15) is 0 Å². The van der Waals surface area contributed by atoms with Gasteiger partial charge in [0.2, 0.25) is 0 Å². The van der Waals surface area contributed by atoms with Crippen LogP contribution in [0.1, 0.15) is 10.4 Å². The molecule has 1 heterocycles. The number of amides is 1. The van der Waals surface area contributed by atoms with E-state index in [1.165, 1.54) is 6.33 Å². The fourth-order valence-corrected chi connectivity index (χ4v) is 1.89. The standard InChI is InChI=1S/C13H15ClN6O/c1-20(2)12-10(15)11(16-7-17-12)18-19-13(21)8-5-3-4-6-9(8)14/h3-7H,15H2,1-2H3,(H,19,21)(H,16,17,18). The summed E-state index contributed by atoms with van der Waals surface area (Å²) in [6.45, 7) is 0. The first-order valence-electron chi connectivity index (χ1n) is 6.09. The van der Waals surface area contributed by atoms with Crippen LogP contribution in [0.2, 0.25) is 5.02 Å². The molecule has 7 nitrogen and oxygen atoms in total. The van der Waals surface area contributed by atoms with E-state index >= 15 is 0 Å². The van der Waals surface area contributed by atoms with Gasteiger partial charge in [0.1, 0.15) is 12.0 Å². The van der Waals surface area contributed by atoms with Gasteiger partial charge in [-0.25, -0.2) is 9.97 Å². The second kappa shape index (κ2) is 6.27. The smallest absolute Gasteiger partial charge is 0.271 e. The molecule has 2 aromatic rings. The maximum Gasteiger partial charge on any atom is 0.271 e. The number of carbonyl (C=O) groups is 1. The average molecular weight is 307 g/mol. The van der Waals surface area contributed by atoms with E-state index in [-0.39, 0.29) is 5.91 Å². The van der Waals surface area contributed by atoms with Crippen molar-refractivity contribution in [3.63, 3.8) is 0 Å². The van der Waals surface area contributed by atoms with E-state index in [1.807, 2.05) is 14.1 Å². The summed E-state index contributed by atoms with van der Waals surface area (Å²) >= 11 is 5.95. The van der Waals surface area contributed by atoms with Crippen molar-refractivity contribution in [2.45, 2.75) is 0 Å². The molecule has 0 aliphatic rings. The van der Waals surface area contributed by atoms with Gasteiger partial charge in [-0.3, -0.25) is 15.6 Å². The van der Waals surface area contributed by atoms with E-state index < -0.39 is 0 Å². The lowest BCUT2D eigenvalue weighted by atomic mass is 10.2. The van der Waals surface area contributed by atoms with Crippen molar-refractivity contribution < 1.29 is 4.79 Å². The summed E-state index contributed by atoms with van der Waals surface area (Å²) < 4.78 is 0. The van der Waals surface area contributed by atoms with Crippen LogP contribution in [-0.4, -0.2) is 30.0 Å². The highest BCUT2D eigenvalue weighted by Crippen LogP contribution is 2.23.